The highest BCUT2D eigenvalue weighted by atomic mass is 19.1. The van der Waals surface area contributed by atoms with E-state index in [0.29, 0.717) is 11.8 Å². The summed E-state index contributed by atoms with van der Waals surface area (Å²) in [5.74, 6) is -1.16. The topological polar surface area (TPSA) is 26.3 Å². The Balaban J connectivity index is 2.45. The normalized spacial score (nSPS) is 10.2. The molecule has 0 N–H and O–H groups in total. The van der Waals surface area contributed by atoms with Crippen molar-refractivity contribution in [3.8, 4) is 11.5 Å². The monoisotopic (exact) mass is 248 g/mol. The van der Waals surface area contributed by atoms with E-state index in [4.69, 9.17) is 4.74 Å². The summed E-state index contributed by atoms with van der Waals surface area (Å²) in [6.07, 6.45) is 0.493. The molecule has 0 saturated carbocycles. The number of para-hydroxylation sites is 1. The van der Waals surface area contributed by atoms with Gasteiger partial charge in [0, 0.05) is 6.07 Å². The molecule has 2 aromatic carbocycles. The predicted octanol–water partition coefficient (Wildman–Crippen LogP) is 3.88. The SMILES string of the molecule is Cc1ccc(F)cc1Oc1c(F)cccc1C=O. The van der Waals surface area contributed by atoms with Gasteiger partial charge in [0.05, 0.1) is 5.56 Å². The van der Waals surface area contributed by atoms with Crippen molar-refractivity contribution in [2.45, 2.75) is 6.92 Å². The fourth-order valence-electron chi connectivity index (χ4n) is 1.52. The van der Waals surface area contributed by atoms with Crippen LogP contribution in [0.15, 0.2) is 36.4 Å². The third-order valence-corrected chi connectivity index (χ3v) is 2.49. The molecule has 0 heterocycles. The zero-order chi connectivity index (χ0) is 13.1. The van der Waals surface area contributed by atoms with Gasteiger partial charge in [0.2, 0.25) is 0 Å². The first-order chi connectivity index (χ1) is 8.61. The van der Waals surface area contributed by atoms with Crippen molar-refractivity contribution in [1.29, 1.82) is 0 Å². The lowest BCUT2D eigenvalue weighted by Crippen LogP contribution is -1.96. The molecular formula is C14H10F2O2. The van der Waals surface area contributed by atoms with E-state index >= 15 is 0 Å². The van der Waals surface area contributed by atoms with E-state index in [1.54, 1.807) is 6.92 Å². The minimum atomic E-state index is -0.664. The van der Waals surface area contributed by atoms with E-state index in [9.17, 15) is 13.6 Å². The molecule has 0 saturated heterocycles. The standard InChI is InChI=1S/C14H10F2O2/c1-9-5-6-11(15)7-13(9)18-14-10(8-17)3-2-4-12(14)16/h2-8H,1H3. The molecule has 0 aliphatic heterocycles. The van der Waals surface area contributed by atoms with Gasteiger partial charge in [-0.2, -0.15) is 0 Å². The molecule has 0 radical (unpaired) electrons. The highest BCUT2D eigenvalue weighted by molar-refractivity contribution is 5.79. The van der Waals surface area contributed by atoms with Crippen LogP contribution in [0.25, 0.3) is 0 Å². The van der Waals surface area contributed by atoms with Crippen LogP contribution in [-0.4, -0.2) is 6.29 Å². The highest BCUT2D eigenvalue weighted by Crippen LogP contribution is 2.30. The molecule has 0 spiro atoms. The molecule has 0 aliphatic rings. The predicted molar refractivity (Wildman–Crippen MR) is 63.0 cm³/mol. The number of aldehydes is 1. The third kappa shape index (κ3) is 2.37. The lowest BCUT2D eigenvalue weighted by molar-refractivity contribution is 0.112. The largest absolute Gasteiger partial charge is 0.453 e. The summed E-state index contributed by atoms with van der Waals surface area (Å²) in [7, 11) is 0. The number of aryl methyl sites for hydroxylation is 1. The molecule has 0 unspecified atom stereocenters. The summed E-state index contributed by atoms with van der Waals surface area (Å²) in [6, 6.07) is 7.97. The Morgan fingerprint density at radius 1 is 1.17 bits per heavy atom. The minimum Gasteiger partial charge on any atom is -0.453 e. The number of hydrogen-bond acceptors (Lipinski definition) is 2. The molecule has 18 heavy (non-hydrogen) atoms. The van der Waals surface area contributed by atoms with Gasteiger partial charge >= 0.3 is 0 Å². The third-order valence-electron chi connectivity index (χ3n) is 2.49. The smallest absolute Gasteiger partial charge is 0.173 e. The Morgan fingerprint density at radius 3 is 2.67 bits per heavy atom. The molecule has 2 aromatic rings. The molecule has 0 aliphatic carbocycles. The summed E-state index contributed by atoms with van der Waals surface area (Å²) >= 11 is 0. The van der Waals surface area contributed by atoms with Crippen LogP contribution in [0.3, 0.4) is 0 Å². The number of ether oxygens (including phenoxy) is 1. The van der Waals surface area contributed by atoms with E-state index in [1.807, 2.05) is 0 Å². The molecule has 2 rings (SSSR count). The number of carbonyl (C=O) groups excluding carboxylic acids is 1. The molecule has 0 fully saturated rings. The summed E-state index contributed by atoms with van der Waals surface area (Å²) in [6.45, 7) is 1.70. The second kappa shape index (κ2) is 4.96. The Kier molecular flexibility index (Phi) is 3.37. The lowest BCUT2D eigenvalue weighted by Gasteiger charge is -2.11. The molecule has 0 amide bonds. The van der Waals surface area contributed by atoms with Crippen LogP contribution < -0.4 is 4.74 Å². The molecule has 4 heteroatoms. The van der Waals surface area contributed by atoms with Gasteiger partial charge in [-0.3, -0.25) is 4.79 Å². The number of benzene rings is 2. The number of hydrogen-bond donors (Lipinski definition) is 0. The number of halogens is 2. The summed E-state index contributed by atoms with van der Waals surface area (Å²) in [5, 5.41) is 0. The van der Waals surface area contributed by atoms with Crippen LogP contribution in [0.1, 0.15) is 15.9 Å². The van der Waals surface area contributed by atoms with Crippen LogP contribution in [0.4, 0.5) is 8.78 Å². The maximum Gasteiger partial charge on any atom is 0.173 e. The van der Waals surface area contributed by atoms with Crippen LogP contribution in [0.2, 0.25) is 0 Å². The van der Waals surface area contributed by atoms with E-state index in [2.05, 4.69) is 0 Å². The summed E-state index contributed by atoms with van der Waals surface area (Å²) in [5.41, 5.74) is 0.732. The Labute approximate surface area is 103 Å². The molecule has 92 valence electrons. The van der Waals surface area contributed by atoms with Gasteiger partial charge in [0.25, 0.3) is 0 Å². The Morgan fingerprint density at radius 2 is 1.94 bits per heavy atom. The van der Waals surface area contributed by atoms with Crippen molar-refractivity contribution in [2.24, 2.45) is 0 Å². The second-order valence-electron chi connectivity index (χ2n) is 3.79. The first kappa shape index (κ1) is 12.2. The fourth-order valence-corrected chi connectivity index (χ4v) is 1.52. The number of rotatable bonds is 3. The minimum absolute atomic E-state index is 0.0821. The van der Waals surface area contributed by atoms with Crippen LogP contribution in [0, 0.1) is 18.6 Å². The highest BCUT2D eigenvalue weighted by Gasteiger charge is 2.12. The average molecular weight is 248 g/mol. The molecule has 0 bridgehead atoms. The van der Waals surface area contributed by atoms with Gasteiger partial charge in [0.1, 0.15) is 11.6 Å². The molecule has 2 nitrogen and oxygen atoms in total. The lowest BCUT2D eigenvalue weighted by atomic mass is 10.2. The van der Waals surface area contributed by atoms with Gasteiger partial charge in [-0.15, -0.1) is 0 Å². The van der Waals surface area contributed by atoms with Crippen molar-refractivity contribution < 1.29 is 18.3 Å². The zero-order valence-electron chi connectivity index (χ0n) is 9.61. The Hall–Kier alpha value is -2.23. The summed E-state index contributed by atoms with van der Waals surface area (Å²) < 4.78 is 32.0. The maximum absolute atomic E-state index is 13.6. The van der Waals surface area contributed by atoms with Crippen molar-refractivity contribution in [3.63, 3.8) is 0 Å². The van der Waals surface area contributed by atoms with Gasteiger partial charge in [-0.25, -0.2) is 8.78 Å². The maximum atomic E-state index is 13.6. The van der Waals surface area contributed by atoms with Gasteiger partial charge in [-0.05, 0) is 30.7 Å². The fraction of sp³-hybridized carbons (Fsp3) is 0.0714. The van der Waals surface area contributed by atoms with Crippen molar-refractivity contribution >= 4 is 6.29 Å². The van der Waals surface area contributed by atoms with Crippen LogP contribution >= 0.6 is 0 Å². The number of carbonyl (C=O) groups is 1. The van der Waals surface area contributed by atoms with Crippen LogP contribution in [-0.2, 0) is 0 Å². The first-order valence-corrected chi connectivity index (χ1v) is 5.29. The second-order valence-corrected chi connectivity index (χ2v) is 3.79. The first-order valence-electron chi connectivity index (χ1n) is 5.29. The zero-order valence-corrected chi connectivity index (χ0v) is 9.61. The molecule has 0 atom stereocenters. The van der Waals surface area contributed by atoms with Crippen LogP contribution in [0.5, 0.6) is 11.5 Å². The van der Waals surface area contributed by atoms with Crippen molar-refractivity contribution in [3.05, 3.63) is 59.2 Å². The van der Waals surface area contributed by atoms with E-state index in [1.165, 1.54) is 30.3 Å². The van der Waals surface area contributed by atoms with Gasteiger partial charge in [-0.1, -0.05) is 12.1 Å². The van der Waals surface area contributed by atoms with E-state index < -0.39 is 11.6 Å². The van der Waals surface area contributed by atoms with Gasteiger partial charge in [0.15, 0.2) is 17.9 Å². The quantitative estimate of drug-likeness (QED) is 0.770. The summed E-state index contributed by atoms with van der Waals surface area (Å²) in [4.78, 5) is 10.8. The van der Waals surface area contributed by atoms with E-state index in [0.717, 1.165) is 6.07 Å². The van der Waals surface area contributed by atoms with Crippen molar-refractivity contribution in [2.75, 3.05) is 0 Å². The van der Waals surface area contributed by atoms with E-state index in [-0.39, 0.29) is 17.1 Å². The molecule has 0 aromatic heterocycles. The average Bonchev–Trinajstić information content (AvgIpc) is 2.36. The van der Waals surface area contributed by atoms with Gasteiger partial charge < -0.3 is 4.74 Å². The Bertz CT molecular complexity index is 594. The molecular weight excluding hydrogens is 238 g/mol. The van der Waals surface area contributed by atoms with Crippen molar-refractivity contribution in [1.82, 2.24) is 0 Å².